The summed E-state index contributed by atoms with van der Waals surface area (Å²) in [4.78, 5) is 12.1. The molecule has 4 aliphatic rings. The zero-order chi connectivity index (χ0) is 13.1. The molecule has 0 saturated heterocycles. The van der Waals surface area contributed by atoms with Crippen molar-refractivity contribution < 1.29 is 4.79 Å². The van der Waals surface area contributed by atoms with Crippen LogP contribution in [0.25, 0.3) is 0 Å². The molecule has 3 N–H and O–H groups in total. The Bertz CT molecular complexity index is 511. The average Bonchev–Trinajstić information content (AvgIpc) is 2.98. The summed E-state index contributed by atoms with van der Waals surface area (Å²) in [5, 5.41) is 3.58. The molecule has 1 aromatic heterocycles. The van der Waals surface area contributed by atoms with Crippen LogP contribution in [0.4, 0.5) is 0 Å². The van der Waals surface area contributed by atoms with E-state index in [1.807, 2.05) is 24.5 Å². The number of hydrogen-bond acceptors (Lipinski definition) is 3. The summed E-state index contributed by atoms with van der Waals surface area (Å²) < 4.78 is 1.65. The van der Waals surface area contributed by atoms with Crippen molar-refractivity contribution in [2.45, 2.75) is 43.2 Å². The lowest BCUT2D eigenvalue weighted by Crippen LogP contribution is -2.53. The van der Waals surface area contributed by atoms with Gasteiger partial charge in [-0.2, -0.15) is 0 Å². The van der Waals surface area contributed by atoms with Crippen molar-refractivity contribution in [1.29, 1.82) is 0 Å². The lowest BCUT2D eigenvalue weighted by molar-refractivity contribution is 0.0888. The average molecular weight is 259 g/mol. The summed E-state index contributed by atoms with van der Waals surface area (Å²) in [6.45, 7) is 0.425. The van der Waals surface area contributed by atoms with Crippen LogP contribution in [0.1, 0.15) is 36.9 Å². The molecule has 0 unspecified atom stereocenters. The Morgan fingerprint density at radius 3 is 2.84 bits per heavy atom. The Hall–Kier alpha value is -1.13. The van der Waals surface area contributed by atoms with Gasteiger partial charge in [0.05, 0.1) is 6.54 Å². The van der Waals surface area contributed by atoms with Gasteiger partial charge >= 0.3 is 0 Å². The third kappa shape index (κ3) is 1.70. The fourth-order valence-electron chi connectivity index (χ4n) is 5.09. The van der Waals surface area contributed by atoms with Crippen LogP contribution in [0, 0.1) is 11.8 Å². The first-order valence-electron chi connectivity index (χ1n) is 7.29. The van der Waals surface area contributed by atoms with E-state index in [2.05, 4.69) is 5.32 Å². The number of nitrogens with one attached hydrogen (secondary N) is 1. The minimum absolute atomic E-state index is 0.0509. The van der Waals surface area contributed by atoms with Gasteiger partial charge in [0.25, 0.3) is 0 Å². The van der Waals surface area contributed by atoms with Crippen LogP contribution in [0.15, 0.2) is 24.5 Å². The molecule has 19 heavy (non-hydrogen) atoms. The molecule has 102 valence electrons. The summed E-state index contributed by atoms with van der Waals surface area (Å²) in [5.74, 6) is 1.59. The topological polar surface area (TPSA) is 60.0 Å². The van der Waals surface area contributed by atoms with Crippen molar-refractivity contribution in [2.24, 2.45) is 17.6 Å². The van der Waals surface area contributed by atoms with Crippen LogP contribution in [0.5, 0.6) is 0 Å². The maximum Gasteiger partial charge on any atom is 0.244 e. The van der Waals surface area contributed by atoms with Crippen molar-refractivity contribution in [1.82, 2.24) is 9.88 Å². The van der Waals surface area contributed by atoms with Gasteiger partial charge in [0.1, 0.15) is 0 Å². The van der Waals surface area contributed by atoms with Gasteiger partial charge in [-0.1, -0.05) is 0 Å². The van der Waals surface area contributed by atoms with Crippen molar-refractivity contribution in [3.05, 3.63) is 24.5 Å². The molecule has 4 fully saturated rings. The van der Waals surface area contributed by atoms with E-state index >= 15 is 0 Å². The molecule has 0 aliphatic heterocycles. The maximum absolute atomic E-state index is 12.1. The molecule has 5 rings (SSSR count). The predicted molar refractivity (Wildman–Crippen MR) is 72.8 cm³/mol. The Balaban J connectivity index is 1.48. The minimum Gasteiger partial charge on any atom is -0.325 e. The fourth-order valence-corrected chi connectivity index (χ4v) is 5.09. The first-order valence-corrected chi connectivity index (χ1v) is 7.29. The summed E-state index contributed by atoms with van der Waals surface area (Å²) >= 11 is 0. The summed E-state index contributed by atoms with van der Waals surface area (Å²) in [5.41, 5.74) is 6.68. The zero-order valence-corrected chi connectivity index (χ0v) is 11.1. The first kappa shape index (κ1) is 11.7. The van der Waals surface area contributed by atoms with E-state index in [1.54, 1.807) is 4.57 Å². The van der Waals surface area contributed by atoms with Gasteiger partial charge in [0.15, 0.2) is 0 Å². The maximum atomic E-state index is 12.1. The van der Waals surface area contributed by atoms with E-state index < -0.39 is 0 Å². The Labute approximate surface area is 113 Å². The largest absolute Gasteiger partial charge is 0.325 e. The molecule has 4 saturated carbocycles. The Morgan fingerprint density at radius 2 is 2.11 bits per heavy atom. The number of carbonyl (C=O) groups excluding carboxylic acids is 1. The fraction of sp³-hybridized carbons (Fsp3) is 0.667. The van der Waals surface area contributed by atoms with E-state index in [0.29, 0.717) is 12.5 Å². The molecule has 0 amide bonds. The number of hydrogen-bond donors (Lipinski definition) is 2. The highest BCUT2D eigenvalue weighted by molar-refractivity contribution is 5.80. The highest BCUT2D eigenvalue weighted by atomic mass is 16.2. The standard InChI is InChI=1S/C15H21N3O/c16-14-6-11-5-12(8-14)15(7-11,10-14)17-9-13(19)18-3-1-2-4-18/h1-4,11-12,17H,5-10,16H2/t11-,12-,14-,15-/m0/s1. The smallest absolute Gasteiger partial charge is 0.244 e. The number of rotatable bonds is 3. The molecule has 4 nitrogen and oxygen atoms in total. The summed E-state index contributed by atoms with van der Waals surface area (Å²) in [6.07, 6.45) is 9.54. The van der Waals surface area contributed by atoms with Gasteiger partial charge in [-0.05, 0) is 56.1 Å². The van der Waals surface area contributed by atoms with E-state index in [1.165, 1.54) is 19.3 Å². The van der Waals surface area contributed by atoms with Crippen molar-refractivity contribution in [3.63, 3.8) is 0 Å². The number of nitrogens with two attached hydrogens (primary N) is 1. The number of carbonyl (C=O) groups is 1. The summed E-state index contributed by atoms with van der Waals surface area (Å²) in [7, 11) is 0. The molecule has 4 atom stereocenters. The molecule has 0 radical (unpaired) electrons. The van der Waals surface area contributed by atoms with E-state index in [4.69, 9.17) is 5.73 Å². The van der Waals surface area contributed by atoms with Crippen LogP contribution < -0.4 is 11.1 Å². The van der Waals surface area contributed by atoms with Crippen LogP contribution in [0.3, 0.4) is 0 Å². The van der Waals surface area contributed by atoms with Gasteiger partial charge in [-0.25, -0.2) is 0 Å². The third-order valence-electron chi connectivity index (χ3n) is 5.55. The second kappa shape index (κ2) is 3.70. The molecule has 4 aliphatic carbocycles. The molecule has 0 spiro atoms. The Morgan fingerprint density at radius 1 is 1.32 bits per heavy atom. The highest BCUT2D eigenvalue weighted by Crippen LogP contribution is 2.61. The quantitative estimate of drug-likeness (QED) is 0.862. The van der Waals surface area contributed by atoms with Crippen LogP contribution in [0.2, 0.25) is 0 Å². The predicted octanol–water partition coefficient (Wildman–Crippen LogP) is 1.38. The van der Waals surface area contributed by atoms with Crippen molar-refractivity contribution in [3.8, 4) is 0 Å². The first-order chi connectivity index (χ1) is 9.09. The summed E-state index contributed by atoms with van der Waals surface area (Å²) in [6, 6.07) is 3.77. The molecule has 4 bridgehead atoms. The molecular weight excluding hydrogens is 238 g/mol. The number of aromatic nitrogens is 1. The van der Waals surface area contributed by atoms with Crippen molar-refractivity contribution >= 4 is 5.91 Å². The molecule has 1 heterocycles. The van der Waals surface area contributed by atoms with E-state index in [-0.39, 0.29) is 17.0 Å². The van der Waals surface area contributed by atoms with Gasteiger partial charge in [0, 0.05) is 23.5 Å². The lowest BCUT2D eigenvalue weighted by Gasteiger charge is -2.38. The second-order valence-corrected chi connectivity index (χ2v) is 6.94. The Kier molecular flexibility index (Phi) is 2.28. The van der Waals surface area contributed by atoms with E-state index in [0.717, 1.165) is 18.8 Å². The lowest BCUT2D eigenvalue weighted by atomic mass is 9.75. The molecule has 4 heteroatoms. The molecule has 0 aromatic carbocycles. The SMILES string of the molecule is N[C@@]12C[C@@H]3C[C@@H](C1)[C@](NCC(=O)n1cccc1)(C3)C2. The second-order valence-electron chi connectivity index (χ2n) is 6.94. The van der Waals surface area contributed by atoms with Crippen LogP contribution in [-0.4, -0.2) is 28.1 Å². The molecular formula is C15H21N3O. The van der Waals surface area contributed by atoms with Gasteiger partial charge in [-0.15, -0.1) is 0 Å². The number of nitrogens with zero attached hydrogens (tertiary/aromatic N) is 1. The normalized spacial score (nSPS) is 43.0. The van der Waals surface area contributed by atoms with Crippen LogP contribution in [-0.2, 0) is 0 Å². The van der Waals surface area contributed by atoms with E-state index in [9.17, 15) is 4.79 Å². The van der Waals surface area contributed by atoms with Crippen LogP contribution >= 0.6 is 0 Å². The highest BCUT2D eigenvalue weighted by Gasteiger charge is 2.62. The van der Waals surface area contributed by atoms with Crippen molar-refractivity contribution in [2.75, 3.05) is 6.54 Å². The third-order valence-corrected chi connectivity index (χ3v) is 5.55. The zero-order valence-electron chi connectivity index (χ0n) is 11.1. The van der Waals surface area contributed by atoms with Gasteiger partial charge in [-0.3, -0.25) is 9.36 Å². The van der Waals surface area contributed by atoms with Gasteiger partial charge in [0.2, 0.25) is 5.91 Å². The minimum atomic E-state index is 0.0509. The van der Waals surface area contributed by atoms with Gasteiger partial charge < -0.3 is 11.1 Å². The molecule has 1 aromatic rings. The monoisotopic (exact) mass is 259 g/mol.